The van der Waals surface area contributed by atoms with Crippen LogP contribution in [0, 0.1) is 11.8 Å². The molecule has 2 rings (SSSR count). The molecule has 0 amide bonds. The summed E-state index contributed by atoms with van der Waals surface area (Å²) >= 11 is 5.43. The topological polar surface area (TPSA) is 28.4 Å². The Morgan fingerprint density at radius 3 is 2.76 bits per heavy atom. The van der Waals surface area contributed by atoms with Crippen LogP contribution in [0.1, 0.15) is 26.0 Å². The van der Waals surface area contributed by atoms with Gasteiger partial charge in [0.2, 0.25) is 0 Å². The molecule has 1 aromatic heterocycles. The van der Waals surface area contributed by atoms with Crippen LogP contribution in [0.2, 0.25) is 0 Å². The molecule has 1 fully saturated rings. The van der Waals surface area contributed by atoms with Gasteiger partial charge in [-0.15, -0.1) is 0 Å². The Labute approximate surface area is 108 Å². The van der Waals surface area contributed by atoms with Gasteiger partial charge < -0.3 is 14.6 Å². The predicted octanol–water partition coefficient (Wildman–Crippen LogP) is 2.63. The van der Waals surface area contributed by atoms with Crippen molar-refractivity contribution in [2.24, 2.45) is 11.8 Å². The monoisotopic (exact) mass is 252 g/mol. The molecule has 1 aliphatic rings. The minimum Gasteiger partial charge on any atom is -0.467 e. The number of furan rings is 1. The molecule has 2 heterocycles. The molecule has 0 aliphatic carbocycles. The molecule has 0 radical (unpaired) electrons. The molecule has 2 unspecified atom stereocenters. The summed E-state index contributed by atoms with van der Waals surface area (Å²) in [6.45, 7) is 7.38. The normalized spacial score (nSPS) is 24.7. The van der Waals surface area contributed by atoms with Gasteiger partial charge in [-0.05, 0) is 42.6 Å². The molecule has 94 valence electrons. The summed E-state index contributed by atoms with van der Waals surface area (Å²) in [6.07, 6.45) is 2.99. The molecule has 0 bridgehead atoms. The molecular formula is C13H20N2OS. The van der Waals surface area contributed by atoms with Gasteiger partial charge in [0.1, 0.15) is 5.76 Å². The molecule has 3 nitrogen and oxygen atoms in total. The third-order valence-corrected chi connectivity index (χ3v) is 3.55. The minimum absolute atomic E-state index is 0.672. The van der Waals surface area contributed by atoms with Crippen LogP contribution in [0.25, 0.3) is 0 Å². The summed E-state index contributed by atoms with van der Waals surface area (Å²) in [4.78, 5) is 2.27. The lowest BCUT2D eigenvalue weighted by atomic mass is 9.92. The van der Waals surface area contributed by atoms with E-state index in [4.69, 9.17) is 16.6 Å². The van der Waals surface area contributed by atoms with Gasteiger partial charge in [0, 0.05) is 13.1 Å². The van der Waals surface area contributed by atoms with Crippen molar-refractivity contribution in [2.75, 3.05) is 13.1 Å². The van der Waals surface area contributed by atoms with Crippen molar-refractivity contribution < 1.29 is 4.42 Å². The van der Waals surface area contributed by atoms with E-state index in [2.05, 4.69) is 24.1 Å². The average Bonchev–Trinajstić information content (AvgIpc) is 2.77. The third-order valence-electron chi connectivity index (χ3n) is 3.15. The first-order chi connectivity index (χ1) is 8.15. The van der Waals surface area contributed by atoms with Crippen molar-refractivity contribution in [2.45, 2.75) is 26.8 Å². The number of nitrogens with zero attached hydrogens (tertiary/aromatic N) is 1. The number of rotatable bonds is 2. The molecule has 1 saturated heterocycles. The van der Waals surface area contributed by atoms with Crippen LogP contribution in [-0.2, 0) is 6.54 Å². The van der Waals surface area contributed by atoms with E-state index in [0.29, 0.717) is 6.54 Å². The summed E-state index contributed by atoms with van der Waals surface area (Å²) in [5, 5.41) is 4.11. The molecule has 0 saturated carbocycles. The summed E-state index contributed by atoms with van der Waals surface area (Å²) in [5.74, 6) is 2.37. The fraction of sp³-hybridized carbons (Fsp3) is 0.615. The van der Waals surface area contributed by atoms with E-state index >= 15 is 0 Å². The Morgan fingerprint density at radius 1 is 1.47 bits per heavy atom. The largest absolute Gasteiger partial charge is 0.467 e. The first-order valence-electron chi connectivity index (χ1n) is 6.20. The van der Waals surface area contributed by atoms with Crippen molar-refractivity contribution in [1.29, 1.82) is 0 Å². The fourth-order valence-corrected chi connectivity index (χ4v) is 2.74. The van der Waals surface area contributed by atoms with Crippen molar-refractivity contribution in [3.05, 3.63) is 24.2 Å². The Kier molecular flexibility index (Phi) is 4.05. The second-order valence-corrected chi connectivity index (χ2v) is 5.48. The van der Waals surface area contributed by atoms with Gasteiger partial charge in [0.25, 0.3) is 0 Å². The predicted molar refractivity (Wildman–Crippen MR) is 72.7 cm³/mol. The molecule has 1 aromatic rings. The van der Waals surface area contributed by atoms with E-state index in [9.17, 15) is 0 Å². The highest BCUT2D eigenvalue weighted by molar-refractivity contribution is 7.80. The molecule has 1 aliphatic heterocycles. The minimum atomic E-state index is 0.672. The number of likely N-dealkylation sites (tertiary alicyclic amines) is 1. The molecule has 0 spiro atoms. The van der Waals surface area contributed by atoms with E-state index in [1.165, 1.54) is 6.42 Å². The number of hydrogen-bond acceptors (Lipinski definition) is 2. The molecule has 4 heteroatoms. The molecule has 0 aromatic carbocycles. The van der Waals surface area contributed by atoms with Crippen LogP contribution >= 0.6 is 12.2 Å². The summed E-state index contributed by atoms with van der Waals surface area (Å²) in [5.41, 5.74) is 0. The lowest BCUT2D eigenvalue weighted by Crippen LogP contribution is -2.47. The molecule has 1 N–H and O–H groups in total. The zero-order valence-corrected chi connectivity index (χ0v) is 11.3. The number of piperidine rings is 1. The van der Waals surface area contributed by atoms with Gasteiger partial charge in [-0.2, -0.15) is 0 Å². The fourth-order valence-electron chi connectivity index (χ4n) is 2.52. The smallest absolute Gasteiger partial charge is 0.169 e. The molecule has 17 heavy (non-hydrogen) atoms. The van der Waals surface area contributed by atoms with E-state index in [1.54, 1.807) is 6.26 Å². The second-order valence-electron chi connectivity index (χ2n) is 5.09. The maximum Gasteiger partial charge on any atom is 0.169 e. The molecule has 2 atom stereocenters. The lowest BCUT2D eigenvalue weighted by Gasteiger charge is -2.36. The van der Waals surface area contributed by atoms with Crippen LogP contribution in [0.4, 0.5) is 0 Å². The van der Waals surface area contributed by atoms with Crippen molar-refractivity contribution in [3.8, 4) is 0 Å². The van der Waals surface area contributed by atoms with Gasteiger partial charge in [-0.25, -0.2) is 0 Å². The standard InChI is InChI=1S/C13H20N2OS/c1-10-6-11(2)9-15(8-10)13(17)14-7-12-4-3-5-16-12/h3-5,10-11H,6-9H2,1-2H3,(H,14,17). The van der Waals surface area contributed by atoms with E-state index in [0.717, 1.165) is 35.8 Å². The van der Waals surface area contributed by atoms with Gasteiger partial charge in [0.15, 0.2) is 5.11 Å². The van der Waals surface area contributed by atoms with E-state index in [1.807, 2.05) is 12.1 Å². The van der Waals surface area contributed by atoms with Crippen molar-refractivity contribution >= 4 is 17.3 Å². The Hall–Kier alpha value is -1.03. The maximum atomic E-state index is 5.43. The van der Waals surface area contributed by atoms with Crippen molar-refractivity contribution in [1.82, 2.24) is 10.2 Å². The number of hydrogen-bond donors (Lipinski definition) is 1. The van der Waals surface area contributed by atoms with Gasteiger partial charge >= 0.3 is 0 Å². The highest BCUT2D eigenvalue weighted by Crippen LogP contribution is 2.20. The van der Waals surface area contributed by atoms with E-state index < -0.39 is 0 Å². The molecular weight excluding hydrogens is 232 g/mol. The maximum absolute atomic E-state index is 5.43. The Morgan fingerprint density at radius 2 is 2.18 bits per heavy atom. The Bertz CT molecular complexity index is 354. The number of nitrogens with one attached hydrogen (secondary N) is 1. The zero-order valence-electron chi connectivity index (χ0n) is 10.5. The van der Waals surface area contributed by atoms with Crippen LogP contribution in [0.15, 0.2) is 22.8 Å². The Balaban J connectivity index is 1.83. The van der Waals surface area contributed by atoms with Gasteiger partial charge in [-0.1, -0.05) is 13.8 Å². The highest BCUT2D eigenvalue weighted by Gasteiger charge is 2.23. The number of thiocarbonyl (C=S) groups is 1. The van der Waals surface area contributed by atoms with Crippen LogP contribution < -0.4 is 5.32 Å². The quantitative estimate of drug-likeness (QED) is 0.819. The summed E-state index contributed by atoms with van der Waals surface area (Å²) in [6, 6.07) is 3.85. The SMILES string of the molecule is CC1CC(C)CN(C(=S)NCc2ccco2)C1. The lowest BCUT2D eigenvalue weighted by molar-refractivity contribution is 0.211. The highest BCUT2D eigenvalue weighted by atomic mass is 32.1. The van der Waals surface area contributed by atoms with Crippen molar-refractivity contribution in [3.63, 3.8) is 0 Å². The summed E-state index contributed by atoms with van der Waals surface area (Å²) in [7, 11) is 0. The van der Waals surface area contributed by atoms with Crippen LogP contribution in [-0.4, -0.2) is 23.1 Å². The zero-order chi connectivity index (χ0) is 12.3. The van der Waals surface area contributed by atoms with Gasteiger partial charge in [0.05, 0.1) is 12.8 Å². The second kappa shape index (κ2) is 5.54. The summed E-state index contributed by atoms with van der Waals surface area (Å²) < 4.78 is 5.27. The first-order valence-corrected chi connectivity index (χ1v) is 6.61. The average molecular weight is 252 g/mol. The third kappa shape index (κ3) is 3.46. The van der Waals surface area contributed by atoms with Gasteiger partial charge in [-0.3, -0.25) is 0 Å². The first kappa shape index (κ1) is 12.4. The van der Waals surface area contributed by atoms with Crippen LogP contribution in [0.5, 0.6) is 0 Å². The van der Waals surface area contributed by atoms with Crippen LogP contribution in [0.3, 0.4) is 0 Å². The van der Waals surface area contributed by atoms with E-state index in [-0.39, 0.29) is 0 Å².